The second-order valence-corrected chi connectivity index (χ2v) is 7.82. The first-order valence-electron chi connectivity index (χ1n) is 9.68. The zero-order valence-corrected chi connectivity index (χ0v) is 17.3. The molecule has 1 unspecified atom stereocenters. The van der Waals surface area contributed by atoms with Gasteiger partial charge >= 0.3 is 0 Å². The highest BCUT2D eigenvalue weighted by Crippen LogP contribution is 2.19. The Kier molecular flexibility index (Phi) is 6.14. The lowest BCUT2D eigenvalue weighted by molar-refractivity contribution is -0.109. The molecule has 7 heteroatoms. The summed E-state index contributed by atoms with van der Waals surface area (Å²) in [6.45, 7) is 0. The van der Waals surface area contributed by atoms with Gasteiger partial charge < -0.3 is 10.1 Å². The Balaban J connectivity index is 1.40. The van der Waals surface area contributed by atoms with Crippen LogP contribution in [0.1, 0.15) is 26.4 Å². The normalized spacial score (nSPS) is 11.6. The van der Waals surface area contributed by atoms with Gasteiger partial charge in [-0.1, -0.05) is 60.7 Å². The number of nitrogens with zero attached hydrogens (tertiary/aromatic N) is 1. The minimum Gasteiger partial charge on any atom is -0.341 e. The summed E-state index contributed by atoms with van der Waals surface area (Å²) >= 11 is 1.15. The maximum absolute atomic E-state index is 12.6. The molecule has 0 saturated carbocycles. The summed E-state index contributed by atoms with van der Waals surface area (Å²) in [7, 11) is 0. The molecule has 0 fully saturated rings. The third-order valence-electron chi connectivity index (χ3n) is 4.75. The average molecular weight is 430 g/mol. The van der Waals surface area contributed by atoms with Crippen molar-refractivity contribution in [3.8, 4) is 0 Å². The fourth-order valence-electron chi connectivity index (χ4n) is 3.18. The number of benzene rings is 3. The quantitative estimate of drug-likeness (QED) is 0.433. The highest BCUT2D eigenvalue weighted by atomic mass is 32.1. The van der Waals surface area contributed by atoms with Crippen LogP contribution >= 0.6 is 11.3 Å². The molecule has 3 aromatic carbocycles. The first-order chi connectivity index (χ1) is 15.1. The van der Waals surface area contributed by atoms with Crippen LogP contribution in [0.15, 0.2) is 78.2 Å². The van der Waals surface area contributed by atoms with Crippen LogP contribution in [0.5, 0.6) is 0 Å². The zero-order valence-electron chi connectivity index (χ0n) is 16.4. The van der Waals surface area contributed by atoms with Crippen molar-refractivity contribution < 1.29 is 14.4 Å². The second kappa shape index (κ2) is 9.32. The molecule has 1 atom stereocenters. The van der Waals surface area contributed by atoms with E-state index in [1.165, 1.54) is 0 Å². The molecular weight excluding hydrogens is 410 g/mol. The van der Waals surface area contributed by atoms with Crippen molar-refractivity contribution in [1.29, 1.82) is 0 Å². The summed E-state index contributed by atoms with van der Waals surface area (Å²) in [5, 5.41) is 9.28. The number of carbonyl (C=O) groups is 3. The highest BCUT2D eigenvalue weighted by Gasteiger charge is 2.17. The van der Waals surface area contributed by atoms with Crippen LogP contribution < -0.4 is 10.6 Å². The molecule has 2 amide bonds. The number of amides is 2. The molecule has 154 valence electrons. The molecule has 0 aliphatic rings. The van der Waals surface area contributed by atoms with Gasteiger partial charge in [0.2, 0.25) is 0 Å². The van der Waals surface area contributed by atoms with Crippen LogP contribution in [0.4, 0.5) is 5.13 Å². The Bertz CT molecular complexity index is 1240. The molecule has 0 aliphatic heterocycles. The summed E-state index contributed by atoms with van der Waals surface area (Å²) < 4.78 is 0. The smallest absolute Gasteiger partial charge is 0.271 e. The number of fused-ring (bicyclic) bond motifs is 1. The average Bonchev–Trinajstić information content (AvgIpc) is 3.27. The number of rotatable bonds is 7. The van der Waals surface area contributed by atoms with Crippen molar-refractivity contribution in [3.05, 3.63) is 95.0 Å². The number of nitrogens with one attached hydrogen (secondary N) is 2. The van der Waals surface area contributed by atoms with Gasteiger partial charge in [-0.25, -0.2) is 4.98 Å². The first-order valence-corrected chi connectivity index (χ1v) is 10.6. The molecule has 6 nitrogen and oxygen atoms in total. The van der Waals surface area contributed by atoms with Crippen molar-refractivity contribution in [2.24, 2.45) is 0 Å². The number of thiazole rings is 1. The zero-order chi connectivity index (χ0) is 21.6. The van der Waals surface area contributed by atoms with Gasteiger partial charge in [0.25, 0.3) is 11.8 Å². The Morgan fingerprint density at radius 2 is 1.68 bits per heavy atom. The summed E-state index contributed by atoms with van der Waals surface area (Å²) in [4.78, 5) is 40.6. The lowest BCUT2D eigenvalue weighted by atomic mass is 10.1. The molecule has 1 heterocycles. The minimum atomic E-state index is -0.660. The van der Waals surface area contributed by atoms with Crippen LogP contribution in [-0.2, 0) is 11.2 Å². The van der Waals surface area contributed by atoms with Crippen molar-refractivity contribution >= 4 is 45.3 Å². The van der Waals surface area contributed by atoms with E-state index < -0.39 is 11.9 Å². The molecule has 0 bridgehead atoms. The Hall–Kier alpha value is -3.84. The van der Waals surface area contributed by atoms with Gasteiger partial charge in [-0.2, -0.15) is 0 Å². The van der Waals surface area contributed by atoms with E-state index in [-0.39, 0.29) is 11.6 Å². The van der Waals surface area contributed by atoms with E-state index in [1.54, 1.807) is 11.4 Å². The van der Waals surface area contributed by atoms with Gasteiger partial charge in [-0.05, 0) is 34.9 Å². The van der Waals surface area contributed by atoms with Gasteiger partial charge in [-0.3, -0.25) is 14.9 Å². The highest BCUT2D eigenvalue weighted by molar-refractivity contribution is 7.14. The van der Waals surface area contributed by atoms with Crippen molar-refractivity contribution in [3.63, 3.8) is 0 Å². The molecule has 0 radical (unpaired) electrons. The van der Waals surface area contributed by atoms with E-state index in [0.29, 0.717) is 23.4 Å². The van der Waals surface area contributed by atoms with E-state index in [2.05, 4.69) is 15.6 Å². The Labute approximate surface area is 182 Å². The monoisotopic (exact) mass is 429 g/mol. The van der Waals surface area contributed by atoms with Crippen LogP contribution in [0.25, 0.3) is 10.8 Å². The summed E-state index contributed by atoms with van der Waals surface area (Å²) in [6, 6.07) is 22.0. The number of carbonyl (C=O) groups excluding carboxylic acids is 3. The van der Waals surface area contributed by atoms with E-state index in [4.69, 9.17) is 0 Å². The molecule has 0 saturated heterocycles. The Morgan fingerprint density at radius 3 is 2.45 bits per heavy atom. The maximum Gasteiger partial charge on any atom is 0.271 e. The fraction of sp³-hybridized carbons (Fsp3) is 0.0833. The van der Waals surface area contributed by atoms with Crippen molar-refractivity contribution in [1.82, 2.24) is 10.3 Å². The van der Waals surface area contributed by atoms with Crippen LogP contribution in [0.3, 0.4) is 0 Å². The SMILES string of the molecule is O=CC(Cc1ccccc1)NC(=O)c1csc(NC(=O)c2ccc3ccccc3c2)n1. The third-order valence-corrected chi connectivity index (χ3v) is 5.51. The van der Waals surface area contributed by atoms with E-state index in [0.717, 1.165) is 27.7 Å². The van der Waals surface area contributed by atoms with Gasteiger partial charge in [0.1, 0.15) is 12.0 Å². The largest absolute Gasteiger partial charge is 0.341 e. The Morgan fingerprint density at radius 1 is 0.935 bits per heavy atom. The van der Waals surface area contributed by atoms with E-state index in [9.17, 15) is 14.4 Å². The molecule has 4 aromatic rings. The topological polar surface area (TPSA) is 88.2 Å². The molecule has 0 aliphatic carbocycles. The predicted molar refractivity (Wildman–Crippen MR) is 121 cm³/mol. The molecule has 0 spiro atoms. The number of hydrogen-bond acceptors (Lipinski definition) is 5. The standard InChI is InChI=1S/C24H19N3O3S/c28-14-20(12-16-6-2-1-3-7-16)25-23(30)21-15-31-24(26-21)27-22(29)19-11-10-17-8-4-5-9-18(17)13-19/h1-11,13-15,20H,12H2,(H,25,30)(H,26,27,29). The molecule has 31 heavy (non-hydrogen) atoms. The minimum absolute atomic E-state index is 0.152. The predicted octanol–water partition coefficient (Wildman–Crippen LogP) is 4.09. The number of aldehydes is 1. The lowest BCUT2D eigenvalue weighted by Crippen LogP contribution is -2.37. The number of aromatic nitrogens is 1. The van der Waals surface area contributed by atoms with Crippen LogP contribution in [-0.4, -0.2) is 29.1 Å². The van der Waals surface area contributed by atoms with Crippen LogP contribution in [0.2, 0.25) is 0 Å². The number of anilines is 1. The maximum atomic E-state index is 12.6. The molecule has 2 N–H and O–H groups in total. The lowest BCUT2D eigenvalue weighted by Gasteiger charge is -2.11. The summed E-state index contributed by atoms with van der Waals surface area (Å²) in [5.74, 6) is -0.766. The fourth-order valence-corrected chi connectivity index (χ4v) is 3.86. The molecular formula is C24H19N3O3S. The van der Waals surface area contributed by atoms with Gasteiger partial charge in [0.05, 0.1) is 6.04 Å². The second-order valence-electron chi connectivity index (χ2n) is 6.96. The van der Waals surface area contributed by atoms with Crippen molar-refractivity contribution in [2.45, 2.75) is 12.5 Å². The first kappa shape index (κ1) is 20.4. The third kappa shape index (κ3) is 5.02. The van der Waals surface area contributed by atoms with E-state index >= 15 is 0 Å². The van der Waals surface area contributed by atoms with Gasteiger partial charge in [0, 0.05) is 10.9 Å². The van der Waals surface area contributed by atoms with Gasteiger partial charge in [0.15, 0.2) is 5.13 Å². The van der Waals surface area contributed by atoms with Gasteiger partial charge in [-0.15, -0.1) is 11.3 Å². The summed E-state index contributed by atoms with van der Waals surface area (Å²) in [6.07, 6.45) is 1.10. The number of hydrogen-bond donors (Lipinski definition) is 2. The van der Waals surface area contributed by atoms with Crippen LogP contribution in [0, 0.1) is 0 Å². The summed E-state index contributed by atoms with van der Waals surface area (Å²) in [5.41, 5.74) is 1.60. The van der Waals surface area contributed by atoms with E-state index in [1.807, 2.05) is 66.7 Å². The molecule has 4 rings (SSSR count). The molecule has 1 aromatic heterocycles. The van der Waals surface area contributed by atoms with Crippen molar-refractivity contribution in [2.75, 3.05) is 5.32 Å².